The zero-order valence-electron chi connectivity index (χ0n) is 13.2. The molecule has 1 aliphatic heterocycles. The Hall–Kier alpha value is -0.130. The zero-order chi connectivity index (χ0) is 14.8. The van der Waals surface area contributed by atoms with Gasteiger partial charge in [0, 0.05) is 25.4 Å². The van der Waals surface area contributed by atoms with Gasteiger partial charge in [0.05, 0.1) is 5.25 Å². The summed E-state index contributed by atoms with van der Waals surface area (Å²) in [4.78, 5) is 4.82. The van der Waals surface area contributed by atoms with Crippen molar-refractivity contribution in [3.8, 4) is 0 Å². The molecule has 2 atom stereocenters. The van der Waals surface area contributed by atoms with Crippen LogP contribution in [0.15, 0.2) is 0 Å². The molecule has 1 saturated carbocycles. The van der Waals surface area contributed by atoms with Crippen LogP contribution in [0.25, 0.3) is 0 Å². The molecule has 2 rings (SSSR count). The molecule has 0 amide bonds. The summed E-state index contributed by atoms with van der Waals surface area (Å²) in [6.07, 6.45) is 6.93. The lowest BCUT2D eigenvalue weighted by atomic mass is 9.99. The summed E-state index contributed by atoms with van der Waals surface area (Å²) in [6, 6.07) is 0.230. The molecule has 0 bridgehead atoms. The lowest BCUT2D eigenvalue weighted by Crippen LogP contribution is -2.45. The van der Waals surface area contributed by atoms with E-state index in [2.05, 4.69) is 23.8 Å². The molecule has 1 aliphatic carbocycles. The number of likely N-dealkylation sites (N-methyl/N-ethyl adjacent to an activating group) is 1. The number of piperidine rings is 1. The fourth-order valence-electron chi connectivity index (χ4n) is 3.66. The summed E-state index contributed by atoms with van der Waals surface area (Å²) in [5.74, 6) is 0.869. The van der Waals surface area contributed by atoms with Gasteiger partial charge in [0.2, 0.25) is 0 Å². The Morgan fingerprint density at radius 3 is 2.40 bits per heavy atom. The summed E-state index contributed by atoms with van der Waals surface area (Å²) in [6.45, 7) is 6.81. The van der Waals surface area contributed by atoms with E-state index in [9.17, 15) is 8.42 Å². The normalized spacial score (nSPS) is 30.2. The van der Waals surface area contributed by atoms with Crippen molar-refractivity contribution in [2.75, 3.05) is 39.5 Å². The van der Waals surface area contributed by atoms with Crippen LogP contribution in [0.4, 0.5) is 0 Å². The van der Waals surface area contributed by atoms with Gasteiger partial charge in [0.15, 0.2) is 9.84 Å². The van der Waals surface area contributed by atoms with Crippen molar-refractivity contribution in [1.82, 2.24) is 9.80 Å². The molecule has 0 unspecified atom stereocenters. The Kier molecular flexibility index (Phi) is 5.49. The van der Waals surface area contributed by atoms with E-state index in [4.69, 9.17) is 0 Å². The van der Waals surface area contributed by atoms with E-state index in [1.165, 1.54) is 32.2 Å². The van der Waals surface area contributed by atoms with Crippen molar-refractivity contribution < 1.29 is 8.42 Å². The quantitative estimate of drug-likeness (QED) is 0.774. The first-order chi connectivity index (χ1) is 9.38. The van der Waals surface area contributed by atoms with Crippen LogP contribution in [0.1, 0.15) is 39.0 Å². The fraction of sp³-hybridized carbons (Fsp3) is 1.00. The standard InChI is InChI=1S/C15H30N2O2S/c1-13-7-9-17(10-8-13)12-11-16(2)14-5-4-6-15(14)20(3,18)19/h13-15H,4-12H2,1-3H3/t14-,15-/m0/s1. The number of nitrogens with zero attached hydrogens (tertiary/aromatic N) is 2. The number of hydrogen-bond acceptors (Lipinski definition) is 4. The first kappa shape index (κ1) is 16.2. The van der Waals surface area contributed by atoms with Gasteiger partial charge in [-0.2, -0.15) is 0 Å². The van der Waals surface area contributed by atoms with Crippen molar-refractivity contribution >= 4 is 9.84 Å². The van der Waals surface area contributed by atoms with E-state index in [0.717, 1.165) is 38.3 Å². The molecule has 0 aromatic carbocycles. The molecular weight excluding hydrogens is 272 g/mol. The molecule has 0 aromatic heterocycles. The molecule has 4 nitrogen and oxygen atoms in total. The molecule has 2 fully saturated rings. The lowest BCUT2D eigenvalue weighted by Gasteiger charge is -2.34. The number of sulfone groups is 1. The Morgan fingerprint density at radius 2 is 1.80 bits per heavy atom. The molecule has 0 radical (unpaired) electrons. The first-order valence-electron chi connectivity index (χ1n) is 7.99. The van der Waals surface area contributed by atoms with Gasteiger partial charge < -0.3 is 9.80 Å². The molecule has 1 saturated heterocycles. The Bertz CT molecular complexity index is 402. The van der Waals surface area contributed by atoms with Crippen LogP contribution in [0, 0.1) is 5.92 Å². The molecule has 20 heavy (non-hydrogen) atoms. The minimum atomic E-state index is -2.90. The second-order valence-electron chi connectivity index (χ2n) is 6.87. The van der Waals surface area contributed by atoms with Crippen LogP contribution >= 0.6 is 0 Å². The zero-order valence-corrected chi connectivity index (χ0v) is 14.0. The summed E-state index contributed by atoms with van der Waals surface area (Å²) in [5, 5.41) is -0.145. The second kappa shape index (κ2) is 6.75. The monoisotopic (exact) mass is 302 g/mol. The SMILES string of the molecule is CC1CCN(CCN(C)[C@H]2CCC[C@@H]2S(C)(=O)=O)CC1. The van der Waals surface area contributed by atoms with Crippen LogP contribution in [0.2, 0.25) is 0 Å². The highest BCUT2D eigenvalue weighted by Crippen LogP contribution is 2.28. The Morgan fingerprint density at radius 1 is 1.15 bits per heavy atom. The molecule has 2 aliphatic rings. The van der Waals surface area contributed by atoms with Gasteiger partial charge in [-0.1, -0.05) is 13.3 Å². The van der Waals surface area contributed by atoms with E-state index in [-0.39, 0.29) is 11.3 Å². The van der Waals surface area contributed by atoms with Gasteiger partial charge in [0.25, 0.3) is 0 Å². The lowest BCUT2D eigenvalue weighted by molar-refractivity contribution is 0.154. The molecule has 0 aromatic rings. The van der Waals surface area contributed by atoms with Gasteiger partial charge in [0.1, 0.15) is 0 Å². The van der Waals surface area contributed by atoms with E-state index in [1.807, 2.05) is 0 Å². The van der Waals surface area contributed by atoms with Crippen LogP contribution in [0.5, 0.6) is 0 Å². The Balaban J connectivity index is 1.81. The third kappa shape index (κ3) is 4.18. The third-order valence-electron chi connectivity index (χ3n) is 5.18. The highest BCUT2D eigenvalue weighted by atomic mass is 32.2. The highest BCUT2D eigenvalue weighted by molar-refractivity contribution is 7.91. The van der Waals surface area contributed by atoms with Crippen LogP contribution in [-0.4, -0.2) is 69.0 Å². The Labute approximate surface area is 124 Å². The van der Waals surface area contributed by atoms with Gasteiger partial charge in [-0.25, -0.2) is 8.42 Å². The highest BCUT2D eigenvalue weighted by Gasteiger charge is 2.37. The molecule has 0 N–H and O–H groups in total. The van der Waals surface area contributed by atoms with E-state index in [0.29, 0.717) is 0 Å². The van der Waals surface area contributed by atoms with Crippen molar-refractivity contribution in [2.24, 2.45) is 5.92 Å². The van der Waals surface area contributed by atoms with E-state index < -0.39 is 9.84 Å². The molecule has 0 spiro atoms. The summed E-state index contributed by atoms with van der Waals surface area (Å²) < 4.78 is 23.7. The van der Waals surface area contributed by atoms with Crippen LogP contribution in [-0.2, 0) is 9.84 Å². The third-order valence-corrected chi connectivity index (χ3v) is 6.83. The minimum Gasteiger partial charge on any atom is -0.302 e. The second-order valence-corrected chi connectivity index (χ2v) is 9.14. The van der Waals surface area contributed by atoms with Crippen molar-refractivity contribution in [3.63, 3.8) is 0 Å². The summed E-state index contributed by atoms with van der Waals surface area (Å²) >= 11 is 0. The largest absolute Gasteiger partial charge is 0.302 e. The predicted octanol–water partition coefficient (Wildman–Crippen LogP) is 1.62. The molecule has 118 valence electrons. The predicted molar refractivity (Wildman–Crippen MR) is 83.7 cm³/mol. The average molecular weight is 302 g/mol. The smallest absolute Gasteiger partial charge is 0.151 e. The summed E-state index contributed by atoms with van der Waals surface area (Å²) in [7, 11) is -0.805. The van der Waals surface area contributed by atoms with E-state index >= 15 is 0 Å². The maximum Gasteiger partial charge on any atom is 0.151 e. The van der Waals surface area contributed by atoms with Gasteiger partial charge >= 0.3 is 0 Å². The minimum absolute atomic E-state index is 0.145. The van der Waals surface area contributed by atoms with Gasteiger partial charge in [-0.3, -0.25) is 0 Å². The van der Waals surface area contributed by atoms with Crippen LogP contribution in [0.3, 0.4) is 0 Å². The number of likely N-dealkylation sites (tertiary alicyclic amines) is 1. The van der Waals surface area contributed by atoms with Gasteiger partial charge in [-0.15, -0.1) is 0 Å². The summed E-state index contributed by atoms with van der Waals surface area (Å²) in [5.41, 5.74) is 0. The number of hydrogen-bond donors (Lipinski definition) is 0. The topological polar surface area (TPSA) is 40.6 Å². The maximum atomic E-state index is 11.9. The maximum absolute atomic E-state index is 11.9. The molecular formula is C15H30N2O2S. The average Bonchev–Trinajstić information content (AvgIpc) is 2.87. The van der Waals surface area contributed by atoms with Crippen molar-refractivity contribution in [2.45, 2.75) is 50.3 Å². The van der Waals surface area contributed by atoms with Crippen molar-refractivity contribution in [1.29, 1.82) is 0 Å². The fourth-order valence-corrected chi connectivity index (χ4v) is 5.17. The molecule has 5 heteroatoms. The van der Waals surface area contributed by atoms with E-state index in [1.54, 1.807) is 0 Å². The number of rotatable bonds is 5. The molecule has 1 heterocycles. The van der Waals surface area contributed by atoms with Crippen LogP contribution < -0.4 is 0 Å². The van der Waals surface area contributed by atoms with Crippen molar-refractivity contribution in [3.05, 3.63) is 0 Å². The van der Waals surface area contributed by atoms with Gasteiger partial charge in [-0.05, 0) is 51.7 Å². The first-order valence-corrected chi connectivity index (χ1v) is 9.95.